The van der Waals surface area contributed by atoms with Crippen molar-refractivity contribution >= 4 is 5.91 Å². The van der Waals surface area contributed by atoms with Gasteiger partial charge in [0, 0.05) is 13.5 Å². The molecule has 3 aliphatic heterocycles. The number of fused-ring (bicyclic) bond motifs is 1. The molecule has 3 unspecified atom stereocenters. The Hall–Kier alpha value is -2.83. The van der Waals surface area contributed by atoms with E-state index in [1.807, 2.05) is 42.5 Å². The van der Waals surface area contributed by atoms with E-state index in [-0.39, 0.29) is 23.3 Å². The molecular formula is C17H18N4O3. The van der Waals surface area contributed by atoms with Crippen molar-refractivity contribution in [3.8, 4) is 0 Å². The maximum Gasteiger partial charge on any atom is 0.349 e. The van der Waals surface area contributed by atoms with Crippen LogP contribution >= 0.6 is 0 Å². The van der Waals surface area contributed by atoms with Crippen LogP contribution in [0.5, 0.6) is 0 Å². The molecule has 1 aromatic carbocycles. The molecule has 3 atom stereocenters. The van der Waals surface area contributed by atoms with Crippen molar-refractivity contribution < 1.29 is 4.79 Å². The van der Waals surface area contributed by atoms with Crippen LogP contribution in [0.4, 0.5) is 0 Å². The second-order valence-corrected chi connectivity index (χ2v) is 6.07. The van der Waals surface area contributed by atoms with E-state index < -0.39 is 12.2 Å². The van der Waals surface area contributed by atoms with E-state index in [1.54, 1.807) is 11.8 Å². The normalized spacial score (nSPS) is 24.2. The first kappa shape index (κ1) is 14.7. The third kappa shape index (κ3) is 1.75. The van der Waals surface area contributed by atoms with E-state index in [2.05, 4.69) is 0 Å². The Balaban J connectivity index is 2.00. The number of amides is 1. The van der Waals surface area contributed by atoms with Gasteiger partial charge in [-0.2, -0.15) is 0 Å². The zero-order valence-corrected chi connectivity index (χ0v) is 13.5. The minimum absolute atomic E-state index is 0.127. The molecule has 0 N–H and O–H groups in total. The van der Waals surface area contributed by atoms with Crippen LogP contribution in [0, 0.1) is 0 Å². The van der Waals surface area contributed by atoms with E-state index in [0.29, 0.717) is 6.54 Å². The quantitative estimate of drug-likeness (QED) is 0.775. The van der Waals surface area contributed by atoms with Gasteiger partial charge in [-0.25, -0.2) is 23.5 Å². The van der Waals surface area contributed by atoms with Gasteiger partial charge in [0.2, 0.25) is 5.91 Å². The van der Waals surface area contributed by atoms with Crippen molar-refractivity contribution in [3.05, 3.63) is 69.0 Å². The molecule has 0 fully saturated rings. The molecule has 2 aromatic rings. The van der Waals surface area contributed by atoms with E-state index in [9.17, 15) is 14.4 Å². The molecule has 7 nitrogen and oxygen atoms in total. The second kappa shape index (κ2) is 5.09. The number of aromatic nitrogens is 3. The summed E-state index contributed by atoms with van der Waals surface area (Å²) >= 11 is 0. The predicted octanol–water partition coefficient (Wildman–Crippen LogP) is 1.04. The standard InChI is InChI=1S/C17H18N4O3/c1-3-18-16(23)20-13-9-10-14(21(20)17(18)24)19(11(2)22)15(13)12-7-5-4-6-8-12/h4-10,13-15H,3H2,1-2H3. The Bertz CT molecular complexity index is 950. The number of hydrogen-bond acceptors (Lipinski definition) is 3. The summed E-state index contributed by atoms with van der Waals surface area (Å²) in [6.45, 7) is 3.57. The highest BCUT2D eigenvalue weighted by Gasteiger charge is 2.46. The average molecular weight is 326 g/mol. The third-order valence-electron chi connectivity index (χ3n) is 4.83. The Kier molecular flexibility index (Phi) is 3.13. The first-order chi connectivity index (χ1) is 11.6. The summed E-state index contributed by atoms with van der Waals surface area (Å²) in [6.07, 6.45) is 3.17. The van der Waals surface area contributed by atoms with Gasteiger partial charge in [-0.1, -0.05) is 36.4 Å². The zero-order valence-electron chi connectivity index (χ0n) is 13.5. The predicted molar refractivity (Wildman–Crippen MR) is 87.5 cm³/mol. The van der Waals surface area contributed by atoms with E-state index >= 15 is 0 Å². The summed E-state index contributed by atoms with van der Waals surface area (Å²) in [6, 6.07) is 8.92. The van der Waals surface area contributed by atoms with E-state index in [1.165, 1.54) is 20.9 Å². The van der Waals surface area contributed by atoms with Gasteiger partial charge < -0.3 is 4.90 Å². The fourth-order valence-electron chi connectivity index (χ4n) is 3.84. The third-order valence-corrected chi connectivity index (χ3v) is 4.83. The monoisotopic (exact) mass is 326 g/mol. The Morgan fingerprint density at radius 3 is 2.33 bits per heavy atom. The van der Waals surface area contributed by atoms with Crippen LogP contribution in [0.25, 0.3) is 0 Å². The van der Waals surface area contributed by atoms with Gasteiger partial charge in [0.05, 0.1) is 12.1 Å². The molecule has 7 heteroatoms. The lowest BCUT2D eigenvalue weighted by atomic mass is 9.92. The van der Waals surface area contributed by atoms with Crippen molar-refractivity contribution in [3.63, 3.8) is 0 Å². The molecule has 1 aromatic heterocycles. The summed E-state index contributed by atoms with van der Waals surface area (Å²) in [4.78, 5) is 39.3. The van der Waals surface area contributed by atoms with Crippen LogP contribution in [0.15, 0.2) is 52.1 Å². The average Bonchev–Trinajstić information content (AvgIpc) is 2.87. The van der Waals surface area contributed by atoms with E-state index in [4.69, 9.17) is 0 Å². The van der Waals surface area contributed by atoms with Gasteiger partial charge in [-0.15, -0.1) is 0 Å². The maximum absolute atomic E-state index is 12.7. The SMILES string of the molecule is CCn1c(=O)n2n(c1=O)C1C=CC2C(c2ccccc2)N1C(C)=O. The fourth-order valence-corrected chi connectivity index (χ4v) is 3.84. The van der Waals surface area contributed by atoms with Crippen molar-refractivity contribution in [1.82, 2.24) is 18.8 Å². The summed E-state index contributed by atoms with van der Waals surface area (Å²) in [5.41, 5.74) is 0.243. The first-order valence-corrected chi connectivity index (χ1v) is 8.02. The number of benzene rings is 1. The van der Waals surface area contributed by atoms with Gasteiger partial charge in [-0.3, -0.25) is 4.79 Å². The Labute approximate surface area is 138 Å². The minimum atomic E-state index is -0.578. The summed E-state index contributed by atoms with van der Waals surface area (Å²) in [5, 5.41) is 0. The Morgan fingerprint density at radius 2 is 1.71 bits per heavy atom. The molecule has 2 bridgehead atoms. The molecule has 1 amide bonds. The number of carbonyl (C=O) groups excluding carboxylic acids is 1. The van der Waals surface area contributed by atoms with Crippen LogP contribution in [0.3, 0.4) is 0 Å². The molecule has 0 saturated carbocycles. The van der Waals surface area contributed by atoms with E-state index in [0.717, 1.165) is 5.56 Å². The van der Waals surface area contributed by atoms with Crippen LogP contribution in [0.2, 0.25) is 0 Å². The molecule has 0 spiro atoms. The molecule has 4 heterocycles. The molecule has 0 radical (unpaired) electrons. The van der Waals surface area contributed by atoms with Gasteiger partial charge in [0.1, 0.15) is 6.17 Å². The van der Waals surface area contributed by atoms with Crippen molar-refractivity contribution in [2.45, 2.75) is 38.6 Å². The number of rotatable bonds is 2. The van der Waals surface area contributed by atoms with Gasteiger partial charge in [0.25, 0.3) is 0 Å². The largest absolute Gasteiger partial charge is 0.349 e. The number of carbonyl (C=O) groups is 1. The lowest BCUT2D eigenvalue weighted by Gasteiger charge is -2.48. The second-order valence-electron chi connectivity index (χ2n) is 6.07. The highest BCUT2D eigenvalue weighted by molar-refractivity contribution is 5.75. The van der Waals surface area contributed by atoms with Crippen molar-refractivity contribution in [1.29, 1.82) is 0 Å². The highest BCUT2D eigenvalue weighted by Crippen LogP contribution is 2.44. The van der Waals surface area contributed by atoms with Gasteiger partial charge >= 0.3 is 11.4 Å². The molecule has 0 saturated heterocycles. The molecule has 0 aliphatic carbocycles. The van der Waals surface area contributed by atoms with Crippen LogP contribution in [0.1, 0.15) is 37.7 Å². The first-order valence-electron chi connectivity index (χ1n) is 8.02. The van der Waals surface area contributed by atoms with Crippen LogP contribution in [-0.4, -0.2) is 24.7 Å². The summed E-state index contributed by atoms with van der Waals surface area (Å²) in [5.74, 6) is -0.127. The summed E-state index contributed by atoms with van der Waals surface area (Å²) in [7, 11) is 0. The fraction of sp³-hybridized carbons (Fsp3) is 0.353. The molecule has 5 rings (SSSR count). The lowest BCUT2D eigenvalue weighted by Crippen LogP contribution is -2.54. The topological polar surface area (TPSA) is 69.2 Å². The number of hydrogen-bond donors (Lipinski definition) is 0. The molecular weight excluding hydrogens is 308 g/mol. The number of nitrogens with zero attached hydrogens (tertiary/aromatic N) is 4. The lowest BCUT2D eigenvalue weighted by molar-refractivity contribution is -0.140. The van der Waals surface area contributed by atoms with Gasteiger partial charge in [0.15, 0.2) is 0 Å². The van der Waals surface area contributed by atoms with Crippen LogP contribution < -0.4 is 11.4 Å². The van der Waals surface area contributed by atoms with Gasteiger partial charge in [-0.05, 0) is 18.6 Å². The van der Waals surface area contributed by atoms with Crippen molar-refractivity contribution in [2.75, 3.05) is 0 Å². The summed E-state index contributed by atoms with van der Waals surface area (Å²) < 4.78 is 4.10. The Morgan fingerprint density at radius 1 is 1.04 bits per heavy atom. The maximum atomic E-state index is 12.7. The highest BCUT2D eigenvalue weighted by atomic mass is 16.2. The van der Waals surface area contributed by atoms with Crippen LogP contribution in [-0.2, 0) is 11.3 Å². The molecule has 124 valence electrons. The molecule has 3 aliphatic rings. The molecule has 24 heavy (non-hydrogen) atoms. The van der Waals surface area contributed by atoms with Crippen molar-refractivity contribution in [2.24, 2.45) is 0 Å². The smallest absolute Gasteiger partial charge is 0.307 e. The minimum Gasteiger partial charge on any atom is -0.307 e. The zero-order chi connectivity index (χ0) is 17.0.